The Morgan fingerprint density at radius 1 is 1.37 bits per heavy atom. The number of ketones is 1. The normalized spacial score (nSPS) is 11.0. The molecule has 0 spiro atoms. The summed E-state index contributed by atoms with van der Waals surface area (Å²) < 4.78 is 13.3. The smallest absolute Gasteiger partial charge is 0.318 e. The van der Waals surface area contributed by atoms with Crippen LogP contribution in [0.2, 0.25) is 0 Å². The second kappa shape index (κ2) is 8.00. The molecule has 0 bridgehead atoms. The van der Waals surface area contributed by atoms with E-state index in [4.69, 9.17) is 9.15 Å². The van der Waals surface area contributed by atoms with Crippen LogP contribution in [-0.4, -0.2) is 20.5 Å². The molecule has 0 amide bonds. The third-order valence-electron chi connectivity index (χ3n) is 3.53. The maximum absolute atomic E-state index is 12.2. The number of carbonyl (C=O) groups excluding carboxylic acids is 1. The second-order valence-corrected chi connectivity index (χ2v) is 6.37. The summed E-state index contributed by atoms with van der Waals surface area (Å²) in [7, 11) is 1.51. The largest absolute Gasteiger partial charge is 0.484 e. The van der Waals surface area contributed by atoms with Gasteiger partial charge in [-0.3, -0.25) is 19.6 Å². The number of rotatable bonds is 7. The Morgan fingerprint density at radius 3 is 2.89 bits per heavy atom. The molecule has 0 aliphatic carbocycles. The van der Waals surface area contributed by atoms with Crippen molar-refractivity contribution in [1.29, 1.82) is 0 Å². The van der Waals surface area contributed by atoms with Gasteiger partial charge in [-0.1, -0.05) is 12.1 Å². The van der Waals surface area contributed by atoms with Gasteiger partial charge in [0.15, 0.2) is 0 Å². The summed E-state index contributed by atoms with van der Waals surface area (Å²) in [5.41, 5.74) is -0.558. The van der Waals surface area contributed by atoms with Crippen molar-refractivity contribution in [2.75, 3.05) is 0 Å². The van der Waals surface area contributed by atoms with Gasteiger partial charge in [0.1, 0.15) is 30.1 Å². The summed E-state index contributed by atoms with van der Waals surface area (Å²) in [4.78, 5) is 22.5. The van der Waals surface area contributed by atoms with Gasteiger partial charge in [-0.15, -0.1) is 0 Å². The van der Waals surface area contributed by atoms with Crippen LogP contribution in [0.5, 0.6) is 5.75 Å². The Bertz CT molecular complexity index is 1020. The molecule has 0 unspecified atom stereocenters. The fourth-order valence-electron chi connectivity index (χ4n) is 2.29. The van der Waals surface area contributed by atoms with Gasteiger partial charge in [-0.25, -0.2) is 0 Å². The Balaban J connectivity index is 1.66. The highest BCUT2D eigenvalue weighted by Gasteiger charge is 2.23. The second-order valence-electron chi connectivity index (χ2n) is 5.51. The van der Waals surface area contributed by atoms with Gasteiger partial charge in [0.2, 0.25) is 11.5 Å². The van der Waals surface area contributed by atoms with Crippen LogP contribution in [0, 0.1) is 10.1 Å². The fourth-order valence-corrected chi connectivity index (χ4v) is 2.69. The lowest BCUT2D eigenvalue weighted by Crippen LogP contribution is -2.00. The Morgan fingerprint density at radius 2 is 2.15 bits per heavy atom. The molecule has 3 aromatic rings. The number of benzene rings is 1. The number of para-hydroxylation sites is 1. The van der Waals surface area contributed by atoms with Crippen molar-refractivity contribution in [1.82, 2.24) is 9.78 Å². The van der Waals surface area contributed by atoms with Gasteiger partial charge in [0, 0.05) is 7.05 Å². The van der Waals surface area contributed by atoms with Crippen LogP contribution in [0.15, 0.2) is 57.6 Å². The number of halogens is 1. The molecule has 9 heteroatoms. The standard InChI is InChI=1S/C18H14BrN3O5/c1-21-10-15(22(24)25)18(20-21)16(23)9-8-12-6-7-13(27-12)11-26-17-5-3-2-4-14(17)19/h2-10H,11H2,1H3/b9-8+. The summed E-state index contributed by atoms with van der Waals surface area (Å²) in [5, 5.41) is 14.8. The number of nitro groups is 1. The molecular formula is C18H14BrN3O5. The number of aryl methyl sites for hydroxylation is 1. The maximum Gasteiger partial charge on any atom is 0.318 e. The predicted molar refractivity (Wildman–Crippen MR) is 100 cm³/mol. The van der Waals surface area contributed by atoms with E-state index >= 15 is 0 Å². The molecule has 3 rings (SSSR count). The molecular weight excluding hydrogens is 418 g/mol. The van der Waals surface area contributed by atoms with E-state index in [2.05, 4.69) is 21.0 Å². The molecule has 2 heterocycles. The monoisotopic (exact) mass is 431 g/mol. The zero-order valence-corrected chi connectivity index (χ0v) is 15.8. The number of allylic oxidation sites excluding steroid dienone is 1. The van der Waals surface area contributed by atoms with Crippen LogP contribution >= 0.6 is 15.9 Å². The minimum absolute atomic E-state index is 0.218. The van der Waals surface area contributed by atoms with E-state index in [1.807, 2.05) is 24.3 Å². The van der Waals surface area contributed by atoms with E-state index in [-0.39, 0.29) is 18.0 Å². The molecule has 138 valence electrons. The van der Waals surface area contributed by atoms with Crippen molar-refractivity contribution in [2.24, 2.45) is 7.05 Å². The first-order chi connectivity index (χ1) is 12.9. The third kappa shape index (κ3) is 4.50. The number of hydrogen-bond acceptors (Lipinski definition) is 6. The van der Waals surface area contributed by atoms with E-state index in [1.54, 1.807) is 12.1 Å². The Kier molecular flexibility index (Phi) is 5.51. The molecule has 2 aromatic heterocycles. The van der Waals surface area contributed by atoms with Crippen molar-refractivity contribution in [2.45, 2.75) is 6.61 Å². The average molecular weight is 432 g/mol. The fraction of sp³-hybridized carbons (Fsp3) is 0.111. The molecule has 0 fully saturated rings. The highest BCUT2D eigenvalue weighted by atomic mass is 79.9. The van der Waals surface area contributed by atoms with E-state index in [9.17, 15) is 14.9 Å². The minimum atomic E-state index is -0.641. The van der Waals surface area contributed by atoms with Crippen molar-refractivity contribution in [3.8, 4) is 5.75 Å². The first kappa shape index (κ1) is 18.6. The van der Waals surface area contributed by atoms with Crippen molar-refractivity contribution in [3.63, 3.8) is 0 Å². The summed E-state index contributed by atoms with van der Waals surface area (Å²) >= 11 is 3.40. The molecule has 0 saturated heterocycles. The maximum atomic E-state index is 12.2. The lowest BCUT2D eigenvalue weighted by molar-refractivity contribution is -0.385. The number of nitrogens with zero attached hydrogens (tertiary/aromatic N) is 3. The van der Waals surface area contributed by atoms with Crippen LogP contribution in [0.1, 0.15) is 22.0 Å². The number of hydrogen-bond donors (Lipinski definition) is 0. The summed E-state index contributed by atoms with van der Waals surface area (Å²) in [5.74, 6) is 1.10. The van der Waals surface area contributed by atoms with Gasteiger partial charge >= 0.3 is 5.69 Å². The first-order valence-electron chi connectivity index (χ1n) is 7.80. The molecule has 0 radical (unpaired) electrons. The highest BCUT2D eigenvalue weighted by molar-refractivity contribution is 9.10. The highest BCUT2D eigenvalue weighted by Crippen LogP contribution is 2.25. The lowest BCUT2D eigenvalue weighted by atomic mass is 10.2. The SMILES string of the molecule is Cn1cc([N+](=O)[O-])c(C(=O)/C=C/c2ccc(COc3ccccc3Br)o2)n1. The van der Waals surface area contributed by atoms with E-state index in [0.717, 1.165) is 4.47 Å². The summed E-state index contributed by atoms with van der Waals surface area (Å²) in [6, 6.07) is 10.8. The van der Waals surface area contributed by atoms with Gasteiger partial charge in [0.25, 0.3) is 0 Å². The predicted octanol–water partition coefficient (Wildman–Crippen LogP) is 4.16. The number of ether oxygens (including phenoxy) is 1. The quantitative estimate of drug-likeness (QED) is 0.241. The molecule has 1 aromatic carbocycles. The zero-order chi connectivity index (χ0) is 19.4. The van der Waals surface area contributed by atoms with Crippen LogP contribution < -0.4 is 4.74 Å². The Labute approximate surface area is 162 Å². The zero-order valence-electron chi connectivity index (χ0n) is 14.2. The van der Waals surface area contributed by atoms with Crippen LogP contribution in [-0.2, 0) is 13.7 Å². The molecule has 27 heavy (non-hydrogen) atoms. The van der Waals surface area contributed by atoms with Crippen molar-refractivity contribution in [3.05, 3.63) is 80.5 Å². The van der Waals surface area contributed by atoms with Crippen LogP contribution in [0.4, 0.5) is 5.69 Å². The molecule has 0 atom stereocenters. The third-order valence-corrected chi connectivity index (χ3v) is 4.18. The van der Waals surface area contributed by atoms with E-state index < -0.39 is 10.7 Å². The minimum Gasteiger partial charge on any atom is -0.484 e. The topological polar surface area (TPSA) is 100 Å². The molecule has 8 nitrogen and oxygen atoms in total. The first-order valence-corrected chi connectivity index (χ1v) is 8.60. The molecule has 0 aliphatic rings. The summed E-state index contributed by atoms with van der Waals surface area (Å²) in [6.07, 6.45) is 3.81. The van der Waals surface area contributed by atoms with Crippen molar-refractivity contribution >= 4 is 33.5 Å². The van der Waals surface area contributed by atoms with Gasteiger partial charge in [-0.2, -0.15) is 5.10 Å². The Hall–Kier alpha value is -3.20. The van der Waals surface area contributed by atoms with Gasteiger partial charge in [0.05, 0.1) is 9.40 Å². The summed E-state index contributed by atoms with van der Waals surface area (Å²) in [6.45, 7) is 0.218. The molecule has 0 N–H and O–H groups in total. The van der Waals surface area contributed by atoms with E-state index in [0.29, 0.717) is 17.3 Å². The van der Waals surface area contributed by atoms with Crippen LogP contribution in [0.25, 0.3) is 6.08 Å². The molecule has 0 saturated carbocycles. The van der Waals surface area contributed by atoms with E-state index in [1.165, 1.54) is 30.1 Å². The number of carbonyl (C=O) groups is 1. The average Bonchev–Trinajstić information content (AvgIpc) is 3.25. The number of aromatic nitrogens is 2. The van der Waals surface area contributed by atoms with Gasteiger partial charge < -0.3 is 9.15 Å². The van der Waals surface area contributed by atoms with Crippen molar-refractivity contribution < 1.29 is 18.9 Å². The lowest BCUT2D eigenvalue weighted by Gasteiger charge is -2.05. The number of furan rings is 1. The molecule has 0 aliphatic heterocycles. The van der Waals surface area contributed by atoms with Crippen LogP contribution in [0.3, 0.4) is 0 Å². The van der Waals surface area contributed by atoms with Gasteiger partial charge in [-0.05, 0) is 52.3 Å².